The first-order valence-electron chi connectivity index (χ1n) is 10.8. The van der Waals surface area contributed by atoms with Crippen LogP contribution in [-0.2, 0) is 17.6 Å². The summed E-state index contributed by atoms with van der Waals surface area (Å²) in [6, 6.07) is 15.4. The molecular weight excluding hydrogens is 452 g/mol. The standard InChI is InChI=1S/C25H27BrN4O/c26-20-10-6-18(7-11-20)15-24(31)30-25-22(14-17-4-2-1-3-5-17)29-23(16-28-25)19-8-12-21(27)13-9-19/h6-13,16-17H,1-5,14-15,27H2,(H,28,30,31). The lowest BCUT2D eigenvalue weighted by atomic mass is 9.86. The third kappa shape index (κ3) is 5.91. The molecule has 1 aliphatic rings. The molecule has 3 aromatic rings. The minimum Gasteiger partial charge on any atom is -0.399 e. The number of halogens is 1. The Labute approximate surface area is 191 Å². The molecule has 0 saturated heterocycles. The number of rotatable bonds is 6. The van der Waals surface area contributed by atoms with Gasteiger partial charge in [0.05, 0.1) is 24.0 Å². The Morgan fingerprint density at radius 2 is 1.74 bits per heavy atom. The average molecular weight is 479 g/mol. The van der Waals surface area contributed by atoms with E-state index in [1.807, 2.05) is 48.5 Å². The number of anilines is 2. The number of benzene rings is 2. The van der Waals surface area contributed by atoms with Crippen molar-refractivity contribution in [1.82, 2.24) is 9.97 Å². The van der Waals surface area contributed by atoms with Gasteiger partial charge in [-0.2, -0.15) is 0 Å². The van der Waals surface area contributed by atoms with E-state index < -0.39 is 0 Å². The van der Waals surface area contributed by atoms with Gasteiger partial charge in [0.15, 0.2) is 5.82 Å². The minimum absolute atomic E-state index is 0.0817. The number of nitrogens with zero attached hydrogens (tertiary/aromatic N) is 2. The van der Waals surface area contributed by atoms with Crippen molar-refractivity contribution in [2.45, 2.75) is 44.9 Å². The van der Waals surface area contributed by atoms with Gasteiger partial charge in [-0.05, 0) is 42.2 Å². The molecule has 31 heavy (non-hydrogen) atoms. The van der Waals surface area contributed by atoms with Gasteiger partial charge in [0.1, 0.15) is 0 Å². The fraction of sp³-hybridized carbons (Fsp3) is 0.320. The van der Waals surface area contributed by atoms with Gasteiger partial charge in [-0.15, -0.1) is 0 Å². The van der Waals surface area contributed by atoms with E-state index in [1.54, 1.807) is 6.20 Å². The van der Waals surface area contributed by atoms with Crippen molar-refractivity contribution in [1.29, 1.82) is 0 Å². The van der Waals surface area contributed by atoms with Crippen LogP contribution in [0.2, 0.25) is 0 Å². The van der Waals surface area contributed by atoms with Crippen molar-refractivity contribution in [3.63, 3.8) is 0 Å². The summed E-state index contributed by atoms with van der Waals surface area (Å²) in [5.41, 5.74) is 10.1. The lowest BCUT2D eigenvalue weighted by molar-refractivity contribution is -0.115. The van der Waals surface area contributed by atoms with Crippen LogP contribution in [0.5, 0.6) is 0 Å². The zero-order valence-electron chi connectivity index (χ0n) is 17.5. The number of hydrogen-bond donors (Lipinski definition) is 2. The Morgan fingerprint density at radius 3 is 2.45 bits per heavy atom. The molecular formula is C25H27BrN4O. The van der Waals surface area contributed by atoms with Crippen molar-refractivity contribution in [3.05, 3.63) is 70.5 Å². The Kier molecular flexibility index (Phi) is 6.97. The average Bonchev–Trinajstić information content (AvgIpc) is 2.78. The summed E-state index contributed by atoms with van der Waals surface area (Å²) in [5.74, 6) is 1.08. The summed E-state index contributed by atoms with van der Waals surface area (Å²) < 4.78 is 0.996. The smallest absolute Gasteiger partial charge is 0.229 e. The van der Waals surface area contributed by atoms with E-state index in [0.29, 0.717) is 18.2 Å². The van der Waals surface area contributed by atoms with Gasteiger partial charge >= 0.3 is 0 Å². The second-order valence-electron chi connectivity index (χ2n) is 8.23. The summed E-state index contributed by atoms with van der Waals surface area (Å²) in [7, 11) is 0. The van der Waals surface area contributed by atoms with Crippen LogP contribution < -0.4 is 11.1 Å². The lowest BCUT2D eigenvalue weighted by Crippen LogP contribution is -2.19. The first-order chi connectivity index (χ1) is 15.1. The highest BCUT2D eigenvalue weighted by molar-refractivity contribution is 9.10. The molecule has 1 aliphatic carbocycles. The third-order valence-corrected chi connectivity index (χ3v) is 6.32. The van der Waals surface area contributed by atoms with Crippen LogP contribution in [0.1, 0.15) is 43.4 Å². The molecule has 1 heterocycles. The molecule has 0 bridgehead atoms. The van der Waals surface area contributed by atoms with E-state index in [1.165, 1.54) is 32.1 Å². The molecule has 3 N–H and O–H groups in total. The number of nitrogen functional groups attached to an aromatic ring is 1. The minimum atomic E-state index is -0.0817. The van der Waals surface area contributed by atoms with E-state index in [2.05, 4.69) is 26.2 Å². The van der Waals surface area contributed by atoms with Crippen molar-refractivity contribution in [3.8, 4) is 11.3 Å². The molecule has 1 amide bonds. The second kappa shape index (κ2) is 10.1. The van der Waals surface area contributed by atoms with Crippen LogP contribution in [0.25, 0.3) is 11.3 Å². The molecule has 2 aromatic carbocycles. The molecule has 0 unspecified atom stereocenters. The van der Waals surface area contributed by atoms with Gasteiger partial charge in [-0.3, -0.25) is 4.79 Å². The lowest BCUT2D eigenvalue weighted by Gasteiger charge is -2.22. The molecule has 160 valence electrons. The number of nitrogens with one attached hydrogen (secondary N) is 1. The van der Waals surface area contributed by atoms with Crippen LogP contribution >= 0.6 is 15.9 Å². The zero-order chi connectivity index (χ0) is 21.6. The molecule has 0 atom stereocenters. The third-order valence-electron chi connectivity index (χ3n) is 5.79. The Balaban J connectivity index is 1.56. The van der Waals surface area contributed by atoms with Crippen molar-refractivity contribution >= 4 is 33.3 Å². The second-order valence-corrected chi connectivity index (χ2v) is 9.15. The molecule has 1 aromatic heterocycles. The molecule has 1 fully saturated rings. The van der Waals surface area contributed by atoms with Gasteiger partial charge in [-0.25, -0.2) is 9.97 Å². The van der Waals surface area contributed by atoms with Crippen molar-refractivity contribution in [2.24, 2.45) is 5.92 Å². The van der Waals surface area contributed by atoms with Crippen molar-refractivity contribution < 1.29 is 4.79 Å². The maximum atomic E-state index is 12.7. The SMILES string of the molecule is Nc1ccc(-c2cnc(NC(=O)Cc3ccc(Br)cc3)c(CC3CCCCC3)n2)cc1. The molecule has 0 spiro atoms. The van der Waals surface area contributed by atoms with Crippen LogP contribution in [-0.4, -0.2) is 15.9 Å². The quantitative estimate of drug-likeness (QED) is 0.439. The summed E-state index contributed by atoms with van der Waals surface area (Å²) in [6.07, 6.45) is 9.12. The molecule has 0 radical (unpaired) electrons. The predicted molar refractivity (Wildman–Crippen MR) is 129 cm³/mol. The normalized spacial score (nSPS) is 14.4. The summed E-state index contributed by atoms with van der Waals surface area (Å²) in [5, 5.41) is 3.01. The maximum absolute atomic E-state index is 12.7. The predicted octanol–water partition coefficient (Wildman–Crippen LogP) is 5.79. The molecule has 0 aliphatic heterocycles. The van der Waals surface area contributed by atoms with Gasteiger partial charge < -0.3 is 11.1 Å². The maximum Gasteiger partial charge on any atom is 0.229 e. The van der Waals surface area contributed by atoms with E-state index in [-0.39, 0.29) is 5.91 Å². The fourth-order valence-corrected chi connectivity index (χ4v) is 4.36. The zero-order valence-corrected chi connectivity index (χ0v) is 19.1. The molecule has 1 saturated carbocycles. The Hall–Kier alpha value is -2.73. The van der Waals surface area contributed by atoms with Gasteiger partial charge in [-0.1, -0.05) is 72.3 Å². The Morgan fingerprint density at radius 1 is 1.03 bits per heavy atom. The monoisotopic (exact) mass is 478 g/mol. The van der Waals surface area contributed by atoms with E-state index in [4.69, 9.17) is 10.7 Å². The summed E-state index contributed by atoms with van der Waals surface area (Å²) in [6.45, 7) is 0. The number of amides is 1. The van der Waals surface area contributed by atoms with E-state index in [9.17, 15) is 4.79 Å². The first-order valence-corrected chi connectivity index (χ1v) is 11.6. The number of hydrogen-bond acceptors (Lipinski definition) is 4. The highest BCUT2D eigenvalue weighted by Crippen LogP contribution is 2.29. The van der Waals surface area contributed by atoms with Crippen LogP contribution in [0.15, 0.2) is 59.2 Å². The number of aromatic nitrogens is 2. The van der Waals surface area contributed by atoms with Gasteiger partial charge in [0.2, 0.25) is 5.91 Å². The van der Waals surface area contributed by atoms with Crippen LogP contribution in [0.3, 0.4) is 0 Å². The van der Waals surface area contributed by atoms with Crippen LogP contribution in [0, 0.1) is 5.92 Å². The van der Waals surface area contributed by atoms with E-state index >= 15 is 0 Å². The topological polar surface area (TPSA) is 80.9 Å². The van der Waals surface area contributed by atoms with Crippen LogP contribution in [0.4, 0.5) is 11.5 Å². The van der Waals surface area contributed by atoms with Gasteiger partial charge in [0.25, 0.3) is 0 Å². The van der Waals surface area contributed by atoms with Crippen molar-refractivity contribution in [2.75, 3.05) is 11.1 Å². The fourth-order valence-electron chi connectivity index (χ4n) is 4.10. The highest BCUT2D eigenvalue weighted by atomic mass is 79.9. The number of carbonyl (C=O) groups is 1. The summed E-state index contributed by atoms with van der Waals surface area (Å²) >= 11 is 3.43. The first kappa shape index (κ1) is 21.5. The molecule has 4 rings (SSSR count). The Bertz CT molecular complexity index is 1030. The highest BCUT2D eigenvalue weighted by Gasteiger charge is 2.19. The summed E-state index contributed by atoms with van der Waals surface area (Å²) in [4.78, 5) is 22.2. The number of nitrogens with two attached hydrogens (primary N) is 1. The largest absolute Gasteiger partial charge is 0.399 e. The number of carbonyl (C=O) groups excluding carboxylic acids is 1. The molecule has 6 heteroatoms. The molecule has 5 nitrogen and oxygen atoms in total. The van der Waals surface area contributed by atoms with E-state index in [0.717, 1.165) is 39.1 Å². The van der Waals surface area contributed by atoms with Gasteiger partial charge in [0, 0.05) is 15.7 Å².